The van der Waals surface area contributed by atoms with Gasteiger partial charge in [0, 0.05) is 5.56 Å². The Kier molecular flexibility index (Phi) is 6.23. The third-order valence-electron chi connectivity index (χ3n) is 5.50. The smallest absolute Gasteiger partial charge is 0.260 e. The number of fused-ring (bicyclic) bond motifs is 1. The van der Waals surface area contributed by atoms with Gasteiger partial charge in [-0.2, -0.15) is 0 Å². The van der Waals surface area contributed by atoms with E-state index in [0.29, 0.717) is 6.54 Å². The Morgan fingerprint density at radius 3 is 2.76 bits per heavy atom. The number of thiazole rings is 1. The highest BCUT2D eigenvalue weighted by Crippen LogP contribution is 2.31. The van der Waals surface area contributed by atoms with Gasteiger partial charge in [0.2, 0.25) is 0 Å². The van der Waals surface area contributed by atoms with Crippen LogP contribution in [-0.4, -0.2) is 50.3 Å². The minimum atomic E-state index is 0.0264. The summed E-state index contributed by atoms with van der Waals surface area (Å²) in [7, 11) is 0. The number of carbonyl (C=O) groups excluding carboxylic acids is 1. The van der Waals surface area contributed by atoms with Crippen LogP contribution < -0.4 is 9.80 Å². The molecule has 152 valence electrons. The third kappa shape index (κ3) is 4.50. The molecule has 0 unspecified atom stereocenters. The normalized spacial score (nSPS) is 15.0. The van der Waals surface area contributed by atoms with Crippen LogP contribution in [0.1, 0.15) is 28.4 Å². The second-order valence-corrected chi connectivity index (χ2v) is 8.56. The fraction of sp³-hybridized carbons (Fsp3) is 0.391. The molecule has 2 aromatic carbocycles. The minimum absolute atomic E-state index is 0.0264. The Morgan fingerprint density at radius 2 is 2.00 bits per heavy atom. The molecular formula is C23H28N3O2S+. The van der Waals surface area contributed by atoms with Crippen LogP contribution in [-0.2, 0) is 11.2 Å². The molecule has 1 aliphatic rings. The Morgan fingerprint density at radius 1 is 1.21 bits per heavy atom. The van der Waals surface area contributed by atoms with Crippen molar-refractivity contribution < 1.29 is 14.4 Å². The average molecular weight is 411 g/mol. The topological polar surface area (TPSA) is 46.9 Å². The van der Waals surface area contributed by atoms with Crippen molar-refractivity contribution in [1.82, 2.24) is 4.98 Å². The van der Waals surface area contributed by atoms with E-state index in [2.05, 4.69) is 25.1 Å². The molecule has 2 heterocycles. The predicted octanol–water partition coefficient (Wildman–Crippen LogP) is 2.73. The van der Waals surface area contributed by atoms with Crippen LogP contribution >= 0.6 is 11.3 Å². The fourth-order valence-electron chi connectivity index (χ4n) is 3.79. The summed E-state index contributed by atoms with van der Waals surface area (Å²) in [6.45, 7) is 9.29. The molecule has 1 aliphatic heterocycles. The van der Waals surface area contributed by atoms with Gasteiger partial charge >= 0.3 is 0 Å². The van der Waals surface area contributed by atoms with Crippen LogP contribution in [0.4, 0.5) is 5.13 Å². The van der Waals surface area contributed by atoms with Gasteiger partial charge in [-0.1, -0.05) is 48.1 Å². The van der Waals surface area contributed by atoms with Crippen molar-refractivity contribution in [3.05, 3.63) is 59.2 Å². The zero-order chi connectivity index (χ0) is 20.2. The van der Waals surface area contributed by atoms with Gasteiger partial charge in [-0.05, 0) is 37.1 Å². The van der Waals surface area contributed by atoms with Crippen LogP contribution in [0.15, 0.2) is 42.5 Å². The fourth-order valence-corrected chi connectivity index (χ4v) is 4.83. The number of benzene rings is 2. The van der Waals surface area contributed by atoms with Gasteiger partial charge in [0.1, 0.15) is 13.1 Å². The zero-order valence-corrected chi connectivity index (χ0v) is 17.9. The lowest BCUT2D eigenvalue weighted by Gasteiger charge is -2.27. The molecule has 1 amide bonds. The highest BCUT2D eigenvalue weighted by molar-refractivity contribution is 7.22. The largest absolute Gasteiger partial charge is 0.370 e. The van der Waals surface area contributed by atoms with Crippen molar-refractivity contribution in [2.75, 3.05) is 44.3 Å². The number of nitrogens with one attached hydrogen (secondary N) is 1. The molecule has 1 saturated heterocycles. The quantitative estimate of drug-likeness (QED) is 0.680. The first kappa shape index (κ1) is 20.0. The second-order valence-electron chi connectivity index (χ2n) is 7.55. The van der Waals surface area contributed by atoms with Crippen molar-refractivity contribution in [3.8, 4) is 0 Å². The number of aromatic nitrogens is 1. The maximum Gasteiger partial charge on any atom is 0.260 e. The number of hydrogen-bond acceptors (Lipinski definition) is 4. The Bertz CT molecular complexity index is 995. The standard InChI is InChI=1S/C23H27N3O2S/c1-3-18-7-5-9-20-21(18)24-23(29-20)26(11-10-25-12-14-28-15-13-25)22(27)19-8-4-6-17(2)16-19/h4-9,16H,3,10-15H2,1-2H3/p+1. The summed E-state index contributed by atoms with van der Waals surface area (Å²) in [4.78, 5) is 21.7. The van der Waals surface area contributed by atoms with Crippen LogP contribution in [0.3, 0.4) is 0 Å². The second kappa shape index (κ2) is 9.03. The van der Waals surface area contributed by atoms with Crippen LogP contribution in [0, 0.1) is 6.92 Å². The van der Waals surface area contributed by atoms with Gasteiger partial charge in [-0.25, -0.2) is 4.98 Å². The van der Waals surface area contributed by atoms with Crippen molar-refractivity contribution in [2.45, 2.75) is 20.3 Å². The van der Waals surface area contributed by atoms with Gasteiger partial charge in [0.05, 0.1) is 36.5 Å². The predicted molar refractivity (Wildman–Crippen MR) is 118 cm³/mol. The lowest BCUT2D eigenvalue weighted by Crippen LogP contribution is -3.14. The number of rotatable bonds is 6. The number of ether oxygens (including phenoxy) is 1. The van der Waals surface area contributed by atoms with Gasteiger partial charge in [-0.3, -0.25) is 9.69 Å². The third-order valence-corrected chi connectivity index (χ3v) is 6.55. The van der Waals surface area contributed by atoms with Crippen molar-refractivity contribution in [2.24, 2.45) is 0 Å². The van der Waals surface area contributed by atoms with E-state index in [4.69, 9.17) is 9.72 Å². The van der Waals surface area contributed by atoms with Crippen LogP contribution in [0.2, 0.25) is 0 Å². The molecule has 3 aromatic rings. The molecule has 29 heavy (non-hydrogen) atoms. The Hall–Kier alpha value is -2.28. The SMILES string of the molecule is CCc1cccc2sc(N(CC[NH+]3CCOCC3)C(=O)c3cccc(C)c3)nc12. The first-order chi connectivity index (χ1) is 14.2. The first-order valence-electron chi connectivity index (χ1n) is 10.3. The number of nitrogens with zero attached hydrogens (tertiary/aromatic N) is 2. The molecule has 6 heteroatoms. The molecule has 5 nitrogen and oxygen atoms in total. The molecular weight excluding hydrogens is 382 g/mol. The van der Waals surface area contributed by atoms with Gasteiger partial charge in [0.15, 0.2) is 5.13 Å². The highest BCUT2D eigenvalue weighted by atomic mass is 32.1. The maximum absolute atomic E-state index is 13.5. The molecule has 1 N–H and O–H groups in total. The minimum Gasteiger partial charge on any atom is -0.370 e. The average Bonchev–Trinajstić information content (AvgIpc) is 3.18. The summed E-state index contributed by atoms with van der Waals surface area (Å²) in [6.07, 6.45) is 0.935. The van der Waals surface area contributed by atoms with Crippen molar-refractivity contribution in [3.63, 3.8) is 0 Å². The number of carbonyl (C=O) groups is 1. The molecule has 0 atom stereocenters. The number of quaternary nitrogens is 1. The van der Waals surface area contributed by atoms with E-state index in [1.165, 1.54) is 10.5 Å². The lowest BCUT2D eigenvalue weighted by atomic mass is 10.1. The summed E-state index contributed by atoms with van der Waals surface area (Å²) >= 11 is 1.61. The first-order valence-corrected chi connectivity index (χ1v) is 11.2. The van der Waals surface area contributed by atoms with E-state index >= 15 is 0 Å². The van der Waals surface area contributed by atoms with Crippen LogP contribution in [0.5, 0.6) is 0 Å². The molecule has 4 rings (SSSR count). The maximum atomic E-state index is 13.5. The lowest BCUT2D eigenvalue weighted by molar-refractivity contribution is -0.906. The molecule has 1 aromatic heterocycles. The summed E-state index contributed by atoms with van der Waals surface area (Å²) in [6, 6.07) is 14.1. The highest BCUT2D eigenvalue weighted by Gasteiger charge is 2.24. The monoisotopic (exact) mass is 410 g/mol. The van der Waals surface area contributed by atoms with Crippen molar-refractivity contribution in [1.29, 1.82) is 0 Å². The summed E-state index contributed by atoms with van der Waals surface area (Å²) in [5.74, 6) is 0.0264. The summed E-state index contributed by atoms with van der Waals surface area (Å²) < 4.78 is 6.61. The van der Waals surface area contributed by atoms with E-state index in [0.717, 1.165) is 65.7 Å². The van der Waals surface area contributed by atoms with E-state index in [1.807, 2.05) is 36.1 Å². The number of anilines is 1. The molecule has 1 fully saturated rings. The number of amides is 1. The summed E-state index contributed by atoms with van der Waals surface area (Å²) in [5, 5.41) is 0.792. The molecule has 0 bridgehead atoms. The van der Waals surface area contributed by atoms with Gasteiger partial charge in [-0.15, -0.1) is 0 Å². The zero-order valence-electron chi connectivity index (χ0n) is 17.1. The number of para-hydroxylation sites is 1. The van der Waals surface area contributed by atoms with E-state index in [9.17, 15) is 4.79 Å². The molecule has 0 saturated carbocycles. The van der Waals surface area contributed by atoms with Crippen LogP contribution in [0.25, 0.3) is 10.2 Å². The number of morpholine rings is 1. The molecule has 0 spiro atoms. The number of hydrogen-bond donors (Lipinski definition) is 1. The molecule has 0 aliphatic carbocycles. The van der Waals surface area contributed by atoms with E-state index in [-0.39, 0.29) is 5.91 Å². The summed E-state index contributed by atoms with van der Waals surface area (Å²) in [5.41, 5.74) is 4.06. The van der Waals surface area contributed by atoms with Gasteiger partial charge < -0.3 is 9.64 Å². The van der Waals surface area contributed by atoms with Crippen molar-refractivity contribution >= 4 is 32.6 Å². The Balaban J connectivity index is 1.66. The van der Waals surface area contributed by atoms with E-state index in [1.54, 1.807) is 11.3 Å². The Labute approximate surface area is 175 Å². The van der Waals surface area contributed by atoms with E-state index < -0.39 is 0 Å². The van der Waals surface area contributed by atoms with Gasteiger partial charge in [0.25, 0.3) is 5.91 Å². The number of aryl methyl sites for hydroxylation is 2. The molecule has 0 radical (unpaired) electrons.